The second-order valence-electron chi connectivity index (χ2n) is 4.80. The van der Waals surface area contributed by atoms with Gasteiger partial charge in [-0.25, -0.2) is 0 Å². The van der Waals surface area contributed by atoms with Gasteiger partial charge in [0.15, 0.2) is 0 Å². The summed E-state index contributed by atoms with van der Waals surface area (Å²) >= 11 is 1.14. The molecule has 1 aromatic rings. The summed E-state index contributed by atoms with van der Waals surface area (Å²) in [6, 6.07) is 4.57. The number of rotatable bonds is 4. The number of halogens is 3. The predicted octanol–water partition coefficient (Wildman–Crippen LogP) is 3.08. The first-order chi connectivity index (χ1) is 10.3. The standard InChI is InChI=1S/C14H10F3N3OS/c15-14(16,17)8-20(11-1-2-11)13(21)10(6-19)4-12-3-9(5-18)7-22-12/h3-4,7,11H,1-2,8H2/b10-4+. The van der Waals surface area contributed by atoms with Gasteiger partial charge in [-0.1, -0.05) is 0 Å². The maximum absolute atomic E-state index is 12.6. The molecule has 114 valence electrons. The second-order valence-corrected chi connectivity index (χ2v) is 5.74. The minimum absolute atomic E-state index is 0.359. The number of thiophene rings is 1. The summed E-state index contributed by atoms with van der Waals surface area (Å²) in [4.78, 5) is 13.4. The van der Waals surface area contributed by atoms with Gasteiger partial charge in [0.25, 0.3) is 5.91 Å². The molecule has 0 N–H and O–H groups in total. The first-order valence-corrected chi connectivity index (χ1v) is 7.20. The highest BCUT2D eigenvalue weighted by molar-refractivity contribution is 7.11. The van der Waals surface area contributed by atoms with Crippen LogP contribution in [0.3, 0.4) is 0 Å². The van der Waals surface area contributed by atoms with Gasteiger partial charge in [0.2, 0.25) is 0 Å². The molecule has 0 spiro atoms. The average molecular weight is 325 g/mol. The molecule has 0 unspecified atom stereocenters. The van der Waals surface area contributed by atoms with Crippen molar-refractivity contribution >= 4 is 23.3 Å². The molecule has 1 heterocycles. The Labute approximate surface area is 128 Å². The third-order valence-corrected chi connectivity index (χ3v) is 3.86. The SMILES string of the molecule is N#C/C(=C\c1cc(C#N)cs1)C(=O)N(CC(F)(F)F)C1CC1. The number of hydrogen-bond acceptors (Lipinski definition) is 4. The second kappa shape index (κ2) is 6.20. The Balaban J connectivity index is 2.23. The highest BCUT2D eigenvalue weighted by atomic mass is 32.1. The molecule has 0 aliphatic heterocycles. The number of alkyl halides is 3. The van der Waals surface area contributed by atoms with E-state index in [4.69, 9.17) is 10.5 Å². The minimum Gasteiger partial charge on any atom is -0.326 e. The van der Waals surface area contributed by atoms with Crippen LogP contribution in [0.25, 0.3) is 6.08 Å². The number of hydrogen-bond donors (Lipinski definition) is 0. The maximum atomic E-state index is 12.6. The van der Waals surface area contributed by atoms with E-state index in [2.05, 4.69) is 0 Å². The van der Waals surface area contributed by atoms with E-state index in [1.54, 1.807) is 11.4 Å². The molecule has 0 bridgehead atoms. The molecule has 1 fully saturated rings. The first kappa shape index (κ1) is 16.1. The Kier molecular flexibility index (Phi) is 4.53. The quantitative estimate of drug-likeness (QED) is 0.631. The molecule has 1 aliphatic carbocycles. The Morgan fingerprint density at radius 3 is 2.59 bits per heavy atom. The van der Waals surface area contributed by atoms with E-state index in [0.29, 0.717) is 28.2 Å². The number of amides is 1. The summed E-state index contributed by atoms with van der Waals surface area (Å²) in [7, 11) is 0. The van der Waals surface area contributed by atoms with Crippen molar-refractivity contribution in [2.24, 2.45) is 0 Å². The van der Waals surface area contributed by atoms with Gasteiger partial charge in [-0.3, -0.25) is 4.79 Å². The van der Waals surface area contributed by atoms with E-state index >= 15 is 0 Å². The van der Waals surface area contributed by atoms with Crippen LogP contribution in [0.4, 0.5) is 13.2 Å². The summed E-state index contributed by atoms with van der Waals surface area (Å²) in [6.07, 6.45) is -2.26. The summed E-state index contributed by atoms with van der Waals surface area (Å²) in [6.45, 7) is -1.36. The van der Waals surface area contributed by atoms with E-state index in [1.807, 2.05) is 6.07 Å². The number of carbonyl (C=O) groups excluding carboxylic acids is 1. The van der Waals surface area contributed by atoms with Crippen LogP contribution >= 0.6 is 11.3 Å². The zero-order valence-electron chi connectivity index (χ0n) is 11.2. The number of carbonyl (C=O) groups is 1. The van der Waals surface area contributed by atoms with Gasteiger partial charge in [0, 0.05) is 16.3 Å². The van der Waals surface area contributed by atoms with Crippen molar-refractivity contribution in [3.8, 4) is 12.1 Å². The van der Waals surface area contributed by atoms with Crippen molar-refractivity contribution in [2.45, 2.75) is 25.1 Å². The minimum atomic E-state index is -4.50. The molecular formula is C14H10F3N3OS. The lowest BCUT2D eigenvalue weighted by Gasteiger charge is -2.23. The lowest BCUT2D eigenvalue weighted by atomic mass is 10.2. The third-order valence-electron chi connectivity index (χ3n) is 2.98. The molecule has 1 aromatic heterocycles. The fraction of sp³-hybridized carbons (Fsp3) is 0.357. The van der Waals surface area contributed by atoms with Crippen LogP contribution in [0.5, 0.6) is 0 Å². The Morgan fingerprint density at radius 2 is 2.14 bits per heavy atom. The van der Waals surface area contributed by atoms with Crippen LogP contribution in [0.15, 0.2) is 17.0 Å². The van der Waals surface area contributed by atoms with Gasteiger partial charge in [-0.2, -0.15) is 23.7 Å². The Hall–Kier alpha value is -2.32. The van der Waals surface area contributed by atoms with Crippen LogP contribution in [0.1, 0.15) is 23.3 Å². The summed E-state index contributed by atoms with van der Waals surface area (Å²) < 4.78 is 37.7. The zero-order chi connectivity index (χ0) is 16.3. The van der Waals surface area contributed by atoms with Crippen molar-refractivity contribution in [1.29, 1.82) is 10.5 Å². The zero-order valence-corrected chi connectivity index (χ0v) is 12.0. The van der Waals surface area contributed by atoms with Gasteiger partial charge < -0.3 is 4.90 Å². The van der Waals surface area contributed by atoms with Crippen LogP contribution in [-0.2, 0) is 4.79 Å². The van der Waals surface area contributed by atoms with E-state index in [9.17, 15) is 18.0 Å². The van der Waals surface area contributed by atoms with Crippen LogP contribution < -0.4 is 0 Å². The van der Waals surface area contributed by atoms with Gasteiger partial charge >= 0.3 is 6.18 Å². The molecule has 1 amide bonds. The lowest BCUT2D eigenvalue weighted by molar-refractivity contribution is -0.159. The average Bonchev–Trinajstić information content (AvgIpc) is 3.19. The van der Waals surface area contributed by atoms with Crippen molar-refractivity contribution in [2.75, 3.05) is 6.54 Å². The molecule has 1 aliphatic rings. The Morgan fingerprint density at radius 1 is 1.45 bits per heavy atom. The summed E-state index contributed by atoms with van der Waals surface area (Å²) in [5.74, 6) is -0.922. The van der Waals surface area contributed by atoms with Crippen molar-refractivity contribution < 1.29 is 18.0 Å². The molecule has 4 nitrogen and oxygen atoms in total. The molecule has 0 atom stereocenters. The van der Waals surface area contributed by atoms with Crippen molar-refractivity contribution in [1.82, 2.24) is 4.90 Å². The fourth-order valence-corrected chi connectivity index (χ4v) is 2.64. The molecule has 1 saturated carbocycles. The molecular weight excluding hydrogens is 315 g/mol. The van der Waals surface area contributed by atoms with Gasteiger partial charge in [0.1, 0.15) is 24.3 Å². The van der Waals surface area contributed by atoms with Gasteiger partial charge in [-0.15, -0.1) is 11.3 Å². The molecule has 0 saturated heterocycles. The highest BCUT2D eigenvalue weighted by Crippen LogP contribution is 2.31. The molecule has 2 rings (SSSR count). The lowest BCUT2D eigenvalue weighted by Crippen LogP contribution is -2.41. The summed E-state index contributed by atoms with van der Waals surface area (Å²) in [5.41, 5.74) is 0.0119. The molecule has 0 aromatic carbocycles. The largest absolute Gasteiger partial charge is 0.406 e. The highest BCUT2D eigenvalue weighted by Gasteiger charge is 2.41. The van der Waals surface area contributed by atoms with Gasteiger partial charge in [0.05, 0.1) is 5.56 Å². The molecule has 22 heavy (non-hydrogen) atoms. The van der Waals surface area contributed by atoms with E-state index in [-0.39, 0.29) is 5.57 Å². The third kappa shape index (κ3) is 4.09. The van der Waals surface area contributed by atoms with Crippen LogP contribution in [0.2, 0.25) is 0 Å². The van der Waals surface area contributed by atoms with Gasteiger partial charge in [-0.05, 0) is 25.0 Å². The smallest absolute Gasteiger partial charge is 0.326 e. The monoisotopic (exact) mass is 325 g/mol. The van der Waals surface area contributed by atoms with E-state index < -0.39 is 24.7 Å². The van der Waals surface area contributed by atoms with E-state index in [0.717, 1.165) is 11.3 Å². The number of nitriles is 2. The van der Waals surface area contributed by atoms with Crippen molar-refractivity contribution in [3.05, 3.63) is 27.5 Å². The predicted molar refractivity (Wildman–Crippen MR) is 73.4 cm³/mol. The normalized spacial score (nSPS) is 15.0. The summed E-state index contributed by atoms with van der Waals surface area (Å²) in [5, 5.41) is 19.3. The van der Waals surface area contributed by atoms with Crippen LogP contribution in [-0.4, -0.2) is 29.6 Å². The Bertz CT molecular complexity index is 689. The molecule has 8 heteroatoms. The van der Waals surface area contributed by atoms with Crippen LogP contribution in [0, 0.1) is 22.7 Å². The maximum Gasteiger partial charge on any atom is 0.406 e. The van der Waals surface area contributed by atoms with Crippen molar-refractivity contribution in [3.63, 3.8) is 0 Å². The number of nitrogens with zero attached hydrogens (tertiary/aromatic N) is 3. The fourth-order valence-electron chi connectivity index (χ4n) is 1.87. The van der Waals surface area contributed by atoms with E-state index in [1.165, 1.54) is 12.1 Å². The topological polar surface area (TPSA) is 67.9 Å². The first-order valence-electron chi connectivity index (χ1n) is 6.32. The molecule has 0 radical (unpaired) electrons.